The number of unbranched alkanes of at least 4 members (excludes halogenated alkanes) is 2. The zero-order valence-corrected chi connectivity index (χ0v) is 13.5. The maximum atomic E-state index is 13.2. The Morgan fingerprint density at radius 3 is 2.70 bits per heavy atom. The molecule has 2 aromatic heterocycles. The smallest absolute Gasteiger partial charge is 0.290 e. The fourth-order valence-electron chi connectivity index (χ4n) is 2.73. The normalized spacial score (nSPS) is 11.3. The first-order valence-electron chi connectivity index (χ1n) is 7.64. The molecule has 0 unspecified atom stereocenters. The van der Waals surface area contributed by atoms with E-state index >= 15 is 0 Å². The number of benzene rings is 1. The highest BCUT2D eigenvalue weighted by Gasteiger charge is 2.16. The third kappa shape index (κ3) is 3.01. The molecule has 2 heterocycles. The van der Waals surface area contributed by atoms with Crippen molar-refractivity contribution in [2.45, 2.75) is 32.7 Å². The lowest BCUT2D eigenvalue weighted by atomic mass is 10.1. The summed E-state index contributed by atoms with van der Waals surface area (Å²) in [5.74, 6) is -0.315. The van der Waals surface area contributed by atoms with Gasteiger partial charge >= 0.3 is 5.69 Å². The van der Waals surface area contributed by atoms with Gasteiger partial charge in [0.15, 0.2) is 5.65 Å². The molecule has 4 nitrogen and oxygen atoms in total. The monoisotopic (exact) mass is 333 g/mol. The fraction of sp³-hybridized carbons (Fsp3) is 0.294. The van der Waals surface area contributed by atoms with E-state index in [4.69, 9.17) is 11.6 Å². The first-order valence-corrected chi connectivity index (χ1v) is 8.02. The lowest BCUT2D eigenvalue weighted by Crippen LogP contribution is -2.17. The minimum Gasteiger partial charge on any atom is -0.290 e. The van der Waals surface area contributed by atoms with E-state index in [1.54, 1.807) is 16.7 Å². The van der Waals surface area contributed by atoms with Gasteiger partial charge < -0.3 is 0 Å². The van der Waals surface area contributed by atoms with Gasteiger partial charge in [0.25, 0.3) is 0 Å². The molecule has 6 heteroatoms. The number of aromatic amines is 1. The molecule has 0 amide bonds. The SMILES string of the molecule is CCCCCn1c(=O)[nH]c2ncc(Cl)c(-c3ccc(F)cc3)c21. The van der Waals surface area contributed by atoms with Crippen LogP contribution in [0.25, 0.3) is 22.3 Å². The van der Waals surface area contributed by atoms with Crippen LogP contribution in [0.3, 0.4) is 0 Å². The van der Waals surface area contributed by atoms with Gasteiger partial charge in [0.1, 0.15) is 5.82 Å². The number of fused-ring (bicyclic) bond motifs is 1. The van der Waals surface area contributed by atoms with Crippen molar-refractivity contribution in [1.29, 1.82) is 0 Å². The Balaban J connectivity index is 2.21. The van der Waals surface area contributed by atoms with Crippen molar-refractivity contribution < 1.29 is 4.39 Å². The van der Waals surface area contributed by atoms with Crippen molar-refractivity contribution in [2.24, 2.45) is 0 Å². The van der Waals surface area contributed by atoms with E-state index in [0.29, 0.717) is 28.3 Å². The van der Waals surface area contributed by atoms with Gasteiger partial charge in [-0.3, -0.25) is 9.55 Å². The molecule has 0 fully saturated rings. The number of nitrogens with one attached hydrogen (secondary N) is 1. The molecule has 0 bridgehead atoms. The Labute approximate surface area is 137 Å². The lowest BCUT2D eigenvalue weighted by molar-refractivity contribution is 0.601. The average Bonchev–Trinajstić information content (AvgIpc) is 2.85. The molecule has 3 aromatic rings. The summed E-state index contributed by atoms with van der Waals surface area (Å²) in [7, 11) is 0. The van der Waals surface area contributed by atoms with Gasteiger partial charge in [-0.1, -0.05) is 43.5 Å². The highest BCUT2D eigenvalue weighted by Crippen LogP contribution is 2.33. The fourth-order valence-corrected chi connectivity index (χ4v) is 2.97. The third-order valence-electron chi connectivity index (χ3n) is 3.87. The van der Waals surface area contributed by atoms with Crippen LogP contribution in [0, 0.1) is 5.82 Å². The van der Waals surface area contributed by atoms with E-state index in [1.165, 1.54) is 18.3 Å². The first kappa shape index (κ1) is 15.7. The molecule has 120 valence electrons. The number of halogens is 2. The second kappa shape index (κ2) is 6.54. The number of H-pyrrole nitrogens is 1. The molecule has 0 aliphatic rings. The maximum absolute atomic E-state index is 13.2. The molecule has 23 heavy (non-hydrogen) atoms. The van der Waals surface area contributed by atoms with Crippen LogP contribution < -0.4 is 5.69 Å². The standard InChI is InChI=1S/C17H17ClFN3O/c1-2-3-4-9-22-15-14(11-5-7-12(19)8-6-11)13(18)10-20-16(15)21-17(22)23/h5-8,10H,2-4,9H2,1H3,(H,20,21,23). The van der Waals surface area contributed by atoms with Crippen molar-refractivity contribution >= 4 is 22.8 Å². The number of hydrogen-bond donors (Lipinski definition) is 1. The van der Waals surface area contributed by atoms with Crippen molar-refractivity contribution in [3.8, 4) is 11.1 Å². The van der Waals surface area contributed by atoms with Crippen molar-refractivity contribution in [1.82, 2.24) is 14.5 Å². The Kier molecular flexibility index (Phi) is 4.48. The Bertz CT molecular complexity index is 883. The van der Waals surface area contributed by atoms with Crippen LogP contribution in [0.4, 0.5) is 4.39 Å². The second-order valence-corrected chi connectivity index (χ2v) is 5.88. The topological polar surface area (TPSA) is 50.7 Å². The largest absolute Gasteiger partial charge is 0.327 e. The van der Waals surface area contributed by atoms with Gasteiger partial charge in [0.2, 0.25) is 0 Å². The molecule has 0 saturated carbocycles. The molecule has 3 rings (SSSR count). The van der Waals surface area contributed by atoms with Crippen LogP contribution >= 0.6 is 11.6 Å². The molecular weight excluding hydrogens is 317 g/mol. The summed E-state index contributed by atoms with van der Waals surface area (Å²) in [4.78, 5) is 19.2. The van der Waals surface area contributed by atoms with Gasteiger partial charge in [-0.15, -0.1) is 0 Å². The third-order valence-corrected chi connectivity index (χ3v) is 4.15. The molecule has 0 aliphatic heterocycles. The summed E-state index contributed by atoms with van der Waals surface area (Å²) in [6, 6.07) is 6.07. The number of imidazole rings is 1. The van der Waals surface area contributed by atoms with E-state index in [1.807, 2.05) is 0 Å². The quantitative estimate of drug-likeness (QED) is 0.705. The maximum Gasteiger partial charge on any atom is 0.327 e. The van der Waals surface area contributed by atoms with Gasteiger partial charge in [0.05, 0.1) is 10.5 Å². The molecule has 1 N–H and O–H groups in total. The van der Waals surface area contributed by atoms with Crippen LogP contribution in [0.2, 0.25) is 5.02 Å². The van der Waals surface area contributed by atoms with Crippen LogP contribution in [0.5, 0.6) is 0 Å². The van der Waals surface area contributed by atoms with E-state index in [9.17, 15) is 9.18 Å². The summed E-state index contributed by atoms with van der Waals surface area (Å²) >= 11 is 6.33. The molecule has 0 spiro atoms. The van der Waals surface area contributed by atoms with Crippen molar-refractivity contribution in [2.75, 3.05) is 0 Å². The van der Waals surface area contributed by atoms with E-state index in [2.05, 4.69) is 16.9 Å². The molecular formula is C17H17ClFN3O. The zero-order chi connectivity index (χ0) is 16.4. The van der Waals surface area contributed by atoms with Gasteiger partial charge in [-0.2, -0.15) is 0 Å². The zero-order valence-electron chi connectivity index (χ0n) is 12.8. The van der Waals surface area contributed by atoms with Crippen molar-refractivity contribution in [3.63, 3.8) is 0 Å². The minimum atomic E-state index is -0.315. The summed E-state index contributed by atoms with van der Waals surface area (Å²) in [5, 5.41) is 0.437. The minimum absolute atomic E-state index is 0.200. The Hall–Kier alpha value is -2.14. The van der Waals surface area contributed by atoms with Crippen LogP contribution in [-0.4, -0.2) is 14.5 Å². The molecule has 0 atom stereocenters. The highest BCUT2D eigenvalue weighted by atomic mass is 35.5. The van der Waals surface area contributed by atoms with Crippen molar-refractivity contribution in [3.05, 3.63) is 51.8 Å². The number of aryl methyl sites for hydroxylation is 1. The molecule has 1 aromatic carbocycles. The van der Waals surface area contributed by atoms with Gasteiger partial charge in [-0.25, -0.2) is 14.2 Å². The average molecular weight is 334 g/mol. The second-order valence-electron chi connectivity index (χ2n) is 5.47. The Morgan fingerprint density at radius 2 is 2.00 bits per heavy atom. The van der Waals surface area contributed by atoms with E-state index < -0.39 is 0 Å². The molecule has 0 aliphatic carbocycles. The number of hydrogen-bond acceptors (Lipinski definition) is 2. The number of rotatable bonds is 5. The highest BCUT2D eigenvalue weighted by molar-refractivity contribution is 6.34. The summed E-state index contributed by atoms with van der Waals surface area (Å²) in [6.45, 7) is 2.71. The predicted octanol–water partition coefficient (Wildman–Crippen LogP) is 4.37. The first-order chi connectivity index (χ1) is 11.1. The van der Waals surface area contributed by atoms with E-state index in [-0.39, 0.29) is 11.5 Å². The van der Waals surface area contributed by atoms with Crippen LogP contribution in [0.1, 0.15) is 26.2 Å². The molecule has 0 radical (unpaired) electrons. The van der Waals surface area contributed by atoms with Crippen LogP contribution in [-0.2, 0) is 6.54 Å². The predicted molar refractivity (Wildman–Crippen MR) is 90.3 cm³/mol. The number of pyridine rings is 1. The number of nitrogens with zero attached hydrogens (tertiary/aromatic N) is 2. The number of aromatic nitrogens is 3. The van der Waals surface area contributed by atoms with Crippen LogP contribution in [0.15, 0.2) is 35.3 Å². The van der Waals surface area contributed by atoms with Gasteiger partial charge in [-0.05, 0) is 24.1 Å². The van der Waals surface area contributed by atoms with Gasteiger partial charge in [0, 0.05) is 18.3 Å². The summed E-state index contributed by atoms with van der Waals surface area (Å²) in [6.07, 6.45) is 4.52. The summed E-state index contributed by atoms with van der Waals surface area (Å²) < 4.78 is 14.9. The molecule has 0 saturated heterocycles. The lowest BCUT2D eigenvalue weighted by Gasteiger charge is -2.10. The van der Waals surface area contributed by atoms with E-state index in [0.717, 1.165) is 24.8 Å². The summed E-state index contributed by atoms with van der Waals surface area (Å²) in [5.41, 5.74) is 2.42. The Morgan fingerprint density at radius 1 is 1.26 bits per heavy atom.